The maximum absolute atomic E-state index is 2.29. The van der Waals surface area contributed by atoms with E-state index in [9.17, 15) is 0 Å². The molecule has 0 saturated heterocycles. The molecule has 0 radical (unpaired) electrons. The molecule has 112 valence electrons. The van der Waals surface area contributed by atoms with E-state index in [-0.39, 0.29) is 0 Å². The Bertz CT molecular complexity index is 457. The van der Waals surface area contributed by atoms with Crippen LogP contribution >= 0.6 is 23.9 Å². The summed E-state index contributed by atoms with van der Waals surface area (Å²) in [5.74, 6) is 0. The summed E-state index contributed by atoms with van der Waals surface area (Å²) in [7, 11) is 4.30. The Morgan fingerprint density at radius 3 is 1.43 bits per heavy atom. The van der Waals surface area contributed by atoms with E-state index in [4.69, 9.17) is 0 Å². The van der Waals surface area contributed by atoms with Crippen LogP contribution in [0.2, 0.25) is 0 Å². The lowest BCUT2D eigenvalue weighted by Gasteiger charge is -2.19. The third-order valence-corrected chi connectivity index (χ3v) is 5.03. The van der Waals surface area contributed by atoms with Crippen molar-refractivity contribution >= 4 is 23.9 Å². The molecule has 0 fully saturated rings. The molecule has 0 amide bonds. The van der Waals surface area contributed by atoms with Gasteiger partial charge in [0.1, 0.15) is 0 Å². The second-order valence-electron chi connectivity index (χ2n) is 4.92. The average molecular weight is 319 g/mol. The van der Waals surface area contributed by atoms with Crippen molar-refractivity contribution in [3.8, 4) is 0 Å². The molecule has 0 aromatic heterocycles. The van der Waals surface area contributed by atoms with Gasteiger partial charge in [-0.1, -0.05) is 84.6 Å². The molecule has 2 aromatic rings. The fourth-order valence-electron chi connectivity index (χ4n) is 1.98. The molecule has 0 unspecified atom stereocenters. The molecule has 21 heavy (non-hydrogen) atoms. The lowest BCUT2D eigenvalue weighted by atomic mass is 10.2. The van der Waals surface area contributed by atoms with Crippen molar-refractivity contribution in [1.82, 2.24) is 8.61 Å². The molecular formula is C17H22N2S2. The van der Waals surface area contributed by atoms with Gasteiger partial charge in [0, 0.05) is 13.1 Å². The quantitative estimate of drug-likeness (QED) is 0.522. The summed E-state index contributed by atoms with van der Waals surface area (Å²) in [6.45, 7) is 1.96. The summed E-state index contributed by atoms with van der Waals surface area (Å²) in [5, 5.41) is 1.03. The van der Waals surface area contributed by atoms with Crippen molar-refractivity contribution in [2.75, 3.05) is 19.2 Å². The van der Waals surface area contributed by atoms with Gasteiger partial charge in [-0.25, -0.2) is 8.61 Å². The monoisotopic (exact) mass is 318 g/mol. The molecule has 0 heterocycles. The first-order valence-corrected chi connectivity index (χ1v) is 8.88. The van der Waals surface area contributed by atoms with Gasteiger partial charge in [0.05, 0.1) is 5.08 Å². The molecule has 2 nitrogen and oxygen atoms in total. The van der Waals surface area contributed by atoms with Crippen molar-refractivity contribution in [1.29, 1.82) is 0 Å². The van der Waals surface area contributed by atoms with Gasteiger partial charge in [0.2, 0.25) is 0 Å². The molecule has 0 aliphatic carbocycles. The molecule has 2 rings (SSSR count). The Morgan fingerprint density at radius 1 is 0.667 bits per heavy atom. The second kappa shape index (κ2) is 9.15. The van der Waals surface area contributed by atoms with Crippen LogP contribution in [0.3, 0.4) is 0 Å². The van der Waals surface area contributed by atoms with E-state index in [2.05, 4.69) is 83.4 Å². The predicted octanol–water partition coefficient (Wildman–Crippen LogP) is 4.50. The first kappa shape index (κ1) is 16.4. The minimum atomic E-state index is 0.981. The number of nitrogens with zero attached hydrogens (tertiary/aromatic N) is 2. The van der Waals surface area contributed by atoms with Crippen LogP contribution in [0, 0.1) is 0 Å². The Morgan fingerprint density at radius 2 is 1.05 bits per heavy atom. The van der Waals surface area contributed by atoms with Gasteiger partial charge in [0.25, 0.3) is 0 Å². The normalized spacial score (nSPS) is 11.2. The lowest BCUT2D eigenvalue weighted by Crippen LogP contribution is -2.12. The molecule has 0 atom stereocenters. The zero-order chi connectivity index (χ0) is 14.9. The van der Waals surface area contributed by atoms with Crippen molar-refractivity contribution in [3.63, 3.8) is 0 Å². The van der Waals surface area contributed by atoms with Gasteiger partial charge in [-0.05, 0) is 25.2 Å². The van der Waals surface area contributed by atoms with Crippen molar-refractivity contribution < 1.29 is 0 Å². The zero-order valence-corrected chi connectivity index (χ0v) is 14.2. The van der Waals surface area contributed by atoms with Gasteiger partial charge in [-0.2, -0.15) is 0 Å². The SMILES string of the molecule is CN(Cc1ccccc1)SCSN(C)Cc1ccccc1. The van der Waals surface area contributed by atoms with Gasteiger partial charge in [-0.15, -0.1) is 0 Å². The molecule has 0 aliphatic heterocycles. The molecule has 0 spiro atoms. The van der Waals surface area contributed by atoms with E-state index in [1.54, 1.807) is 0 Å². The molecule has 0 aliphatic rings. The van der Waals surface area contributed by atoms with Crippen molar-refractivity contribution in [2.24, 2.45) is 0 Å². The Labute approximate surface area is 136 Å². The lowest BCUT2D eigenvalue weighted by molar-refractivity contribution is 0.560. The molecule has 0 bridgehead atoms. The largest absolute Gasteiger partial charge is 0.249 e. The number of rotatable bonds is 8. The Kier molecular flexibility index (Phi) is 7.16. The molecular weight excluding hydrogens is 296 g/mol. The summed E-state index contributed by atoms with van der Waals surface area (Å²) in [6.07, 6.45) is 0. The highest BCUT2D eigenvalue weighted by atomic mass is 32.2. The van der Waals surface area contributed by atoms with Crippen LogP contribution < -0.4 is 0 Å². The van der Waals surface area contributed by atoms with E-state index in [1.165, 1.54) is 11.1 Å². The van der Waals surface area contributed by atoms with E-state index in [1.807, 2.05) is 23.9 Å². The fourth-order valence-corrected chi connectivity index (χ4v) is 4.08. The topological polar surface area (TPSA) is 6.48 Å². The Balaban J connectivity index is 1.64. The fraction of sp³-hybridized carbons (Fsp3) is 0.294. The molecule has 4 heteroatoms. The van der Waals surface area contributed by atoms with Crippen LogP contribution in [0.25, 0.3) is 0 Å². The first-order chi connectivity index (χ1) is 10.2. The van der Waals surface area contributed by atoms with Gasteiger partial charge >= 0.3 is 0 Å². The van der Waals surface area contributed by atoms with Crippen molar-refractivity contribution in [3.05, 3.63) is 71.8 Å². The van der Waals surface area contributed by atoms with Crippen LogP contribution in [0.1, 0.15) is 11.1 Å². The molecule has 0 N–H and O–H groups in total. The van der Waals surface area contributed by atoms with Gasteiger partial charge in [-0.3, -0.25) is 0 Å². The number of hydrogen-bond donors (Lipinski definition) is 0. The smallest absolute Gasteiger partial charge is 0.0687 e. The summed E-state index contributed by atoms with van der Waals surface area (Å²) < 4.78 is 4.58. The third kappa shape index (κ3) is 6.57. The van der Waals surface area contributed by atoms with E-state index in [0.29, 0.717) is 0 Å². The van der Waals surface area contributed by atoms with E-state index >= 15 is 0 Å². The highest BCUT2D eigenvalue weighted by molar-refractivity contribution is 8.13. The summed E-state index contributed by atoms with van der Waals surface area (Å²) >= 11 is 3.73. The first-order valence-electron chi connectivity index (χ1n) is 7.00. The van der Waals surface area contributed by atoms with Crippen molar-refractivity contribution in [2.45, 2.75) is 13.1 Å². The van der Waals surface area contributed by atoms with Crippen LogP contribution in [0.15, 0.2) is 60.7 Å². The minimum absolute atomic E-state index is 0.981. The van der Waals surface area contributed by atoms with E-state index in [0.717, 1.165) is 18.2 Å². The third-order valence-electron chi connectivity index (χ3n) is 3.04. The van der Waals surface area contributed by atoms with E-state index < -0.39 is 0 Å². The van der Waals surface area contributed by atoms with Gasteiger partial charge < -0.3 is 0 Å². The summed E-state index contributed by atoms with van der Waals surface area (Å²) in [4.78, 5) is 0. The maximum atomic E-state index is 2.29. The maximum Gasteiger partial charge on any atom is 0.0687 e. The van der Waals surface area contributed by atoms with Crippen LogP contribution in [0.5, 0.6) is 0 Å². The minimum Gasteiger partial charge on any atom is -0.249 e. The van der Waals surface area contributed by atoms with Gasteiger partial charge in [0.15, 0.2) is 0 Å². The predicted molar refractivity (Wildman–Crippen MR) is 95.9 cm³/mol. The van der Waals surface area contributed by atoms with Crippen LogP contribution in [0.4, 0.5) is 0 Å². The number of benzene rings is 2. The molecule has 2 aromatic carbocycles. The van der Waals surface area contributed by atoms with Crippen LogP contribution in [-0.2, 0) is 13.1 Å². The standard InChI is InChI=1S/C17H22N2S2/c1-18(13-16-9-5-3-6-10-16)20-15-21-19(2)14-17-11-7-4-8-12-17/h3-12H,13-15H2,1-2H3. The highest BCUT2D eigenvalue weighted by Crippen LogP contribution is 2.21. The number of hydrogen-bond acceptors (Lipinski definition) is 4. The Hall–Kier alpha value is -0.940. The molecule has 0 saturated carbocycles. The summed E-state index contributed by atoms with van der Waals surface area (Å²) in [5.41, 5.74) is 2.71. The second-order valence-corrected chi connectivity index (χ2v) is 7.63. The summed E-state index contributed by atoms with van der Waals surface area (Å²) in [6, 6.07) is 21.2. The average Bonchev–Trinajstić information content (AvgIpc) is 2.49. The highest BCUT2D eigenvalue weighted by Gasteiger charge is 2.04. The van der Waals surface area contributed by atoms with Crippen LogP contribution in [-0.4, -0.2) is 27.8 Å². The zero-order valence-electron chi connectivity index (χ0n) is 12.6.